The summed E-state index contributed by atoms with van der Waals surface area (Å²) < 4.78 is 4.64. The Bertz CT molecular complexity index is 170. The second-order valence-electron chi connectivity index (χ2n) is 2.83. The molecule has 0 aromatic rings. The number of carboxylic acids is 1. The number of rotatable bonds is 7. The van der Waals surface area contributed by atoms with Crippen LogP contribution in [0.1, 0.15) is 39.0 Å². The van der Waals surface area contributed by atoms with Crippen molar-refractivity contribution in [2.24, 2.45) is 0 Å². The van der Waals surface area contributed by atoms with Crippen molar-refractivity contribution in [3.63, 3.8) is 0 Å². The fourth-order valence-electron chi connectivity index (χ4n) is 0.884. The molecule has 0 saturated heterocycles. The first-order chi connectivity index (χ1) is 6.16. The SMILES string of the molecule is CCCCCCOC(=O)CC(=O)[O-].[Na+]. The van der Waals surface area contributed by atoms with Crippen molar-refractivity contribution in [2.75, 3.05) is 6.61 Å². The number of hydrogen-bond donors (Lipinski definition) is 0. The van der Waals surface area contributed by atoms with Crippen LogP contribution in [-0.2, 0) is 14.3 Å². The van der Waals surface area contributed by atoms with E-state index in [0.717, 1.165) is 25.7 Å². The number of esters is 1. The predicted molar refractivity (Wildman–Crippen MR) is 44.7 cm³/mol. The zero-order chi connectivity index (χ0) is 10.1. The second kappa shape index (κ2) is 11.0. The van der Waals surface area contributed by atoms with Gasteiger partial charge >= 0.3 is 35.5 Å². The molecule has 0 fully saturated rings. The number of unbranched alkanes of at least 4 members (excludes halogenated alkanes) is 3. The minimum atomic E-state index is -1.39. The number of carbonyl (C=O) groups excluding carboxylic acids is 2. The molecule has 0 aliphatic carbocycles. The Hall–Kier alpha value is -0.0600. The van der Waals surface area contributed by atoms with E-state index in [-0.39, 0.29) is 29.6 Å². The molecule has 14 heavy (non-hydrogen) atoms. The Balaban J connectivity index is 0. The standard InChI is InChI=1S/C9H16O4.Na/c1-2-3-4-5-6-13-9(12)7-8(10)11;/h2-7H2,1H3,(H,10,11);/q;+1/p-1. The minimum absolute atomic E-state index is 0. The van der Waals surface area contributed by atoms with E-state index >= 15 is 0 Å². The van der Waals surface area contributed by atoms with E-state index in [1.807, 2.05) is 0 Å². The van der Waals surface area contributed by atoms with Crippen LogP contribution in [-0.4, -0.2) is 18.5 Å². The van der Waals surface area contributed by atoms with Crippen LogP contribution in [0.25, 0.3) is 0 Å². The molecule has 0 unspecified atom stereocenters. The molecule has 0 amide bonds. The fourth-order valence-corrected chi connectivity index (χ4v) is 0.884. The first-order valence-corrected chi connectivity index (χ1v) is 4.52. The number of aliphatic carboxylic acids is 1. The fraction of sp³-hybridized carbons (Fsp3) is 0.778. The van der Waals surface area contributed by atoms with Crippen molar-refractivity contribution in [2.45, 2.75) is 39.0 Å². The van der Waals surface area contributed by atoms with Gasteiger partial charge in [-0.15, -0.1) is 0 Å². The summed E-state index contributed by atoms with van der Waals surface area (Å²) in [5.74, 6) is -2.10. The zero-order valence-electron chi connectivity index (χ0n) is 8.88. The van der Waals surface area contributed by atoms with Gasteiger partial charge in [-0.3, -0.25) is 4.79 Å². The molecule has 0 aromatic heterocycles. The second-order valence-corrected chi connectivity index (χ2v) is 2.83. The molecule has 0 N–H and O–H groups in total. The number of ether oxygens (including phenoxy) is 1. The average Bonchev–Trinajstić information content (AvgIpc) is 2.02. The van der Waals surface area contributed by atoms with Crippen LogP contribution in [0, 0.1) is 0 Å². The van der Waals surface area contributed by atoms with Gasteiger partial charge in [0.15, 0.2) is 0 Å². The summed E-state index contributed by atoms with van der Waals surface area (Å²) in [6, 6.07) is 0. The number of hydrogen-bond acceptors (Lipinski definition) is 4. The maximum Gasteiger partial charge on any atom is 1.00 e. The third-order valence-corrected chi connectivity index (χ3v) is 1.55. The van der Waals surface area contributed by atoms with Gasteiger partial charge in [0, 0.05) is 0 Å². The Labute approximate surface area is 106 Å². The Morgan fingerprint density at radius 2 is 1.86 bits per heavy atom. The predicted octanol–water partition coefficient (Wildman–Crippen LogP) is -2.75. The van der Waals surface area contributed by atoms with Crippen molar-refractivity contribution < 1.29 is 49.0 Å². The molecule has 0 heterocycles. The van der Waals surface area contributed by atoms with E-state index in [2.05, 4.69) is 11.7 Å². The zero-order valence-corrected chi connectivity index (χ0v) is 10.9. The first kappa shape index (κ1) is 16.4. The van der Waals surface area contributed by atoms with E-state index in [1.165, 1.54) is 0 Å². The van der Waals surface area contributed by atoms with Gasteiger partial charge < -0.3 is 14.6 Å². The summed E-state index contributed by atoms with van der Waals surface area (Å²) >= 11 is 0. The van der Waals surface area contributed by atoms with E-state index in [9.17, 15) is 14.7 Å². The summed E-state index contributed by atoms with van der Waals surface area (Å²) in [6.45, 7) is 2.40. The molecule has 0 aromatic carbocycles. The molecular formula is C9H15NaO4. The van der Waals surface area contributed by atoms with Crippen LogP contribution in [0.2, 0.25) is 0 Å². The Kier molecular flexibility index (Phi) is 12.9. The molecular weight excluding hydrogens is 195 g/mol. The van der Waals surface area contributed by atoms with E-state index < -0.39 is 18.4 Å². The van der Waals surface area contributed by atoms with Crippen LogP contribution < -0.4 is 34.7 Å². The van der Waals surface area contributed by atoms with Crippen molar-refractivity contribution in [1.29, 1.82) is 0 Å². The largest absolute Gasteiger partial charge is 1.00 e. The molecule has 0 atom stereocenters. The Morgan fingerprint density at radius 3 is 2.36 bits per heavy atom. The maximum atomic E-state index is 10.6. The van der Waals surface area contributed by atoms with Gasteiger partial charge in [-0.05, 0) is 6.42 Å². The average molecular weight is 210 g/mol. The molecule has 5 heteroatoms. The van der Waals surface area contributed by atoms with E-state index in [0.29, 0.717) is 6.61 Å². The molecule has 4 nitrogen and oxygen atoms in total. The van der Waals surface area contributed by atoms with Gasteiger partial charge in [0.25, 0.3) is 0 Å². The van der Waals surface area contributed by atoms with Crippen molar-refractivity contribution in [3.05, 3.63) is 0 Å². The van der Waals surface area contributed by atoms with Crippen LogP contribution >= 0.6 is 0 Å². The molecule has 0 bridgehead atoms. The van der Waals surface area contributed by atoms with E-state index in [1.54, 1.807) is 0 Å². The molecule has 0 spiro atoms. The monoisotopic (exact) mass is 210 g/mol. The molecule has 0 aliphatic heterocycles. The van der Waals surface area contributed by atoms with Crippen molar-refractivity contribution >= 4 is 11.9 Å². The van der Waals surface area contributed by atoms with Crippen molar-refractivity contribution in [3.8, 4) is 0 Å². The number of carboxylic acid groups (broad SMARTS) is 1. The van der Waals surface area contributed by atoms with Gasteiger partial charge in [0.2, 0.25) is 0 Å². The maximum absolute atomic E-state index is 10.6. The molecule has 0 saturated carbocycles. The topological polar surface area (TPSA) is 66.4 Å². The van der Waals surface area contributed by atoms with Crippen LogP contribution in [0.4, 0.5) is 0 Å². The van der Waals surface area contributed by atoms with E-state index in [4.69, 9.17) is 0 Å². The van der Waals surface area contributed by atoms with Gasteiger partial charge in [-0.2, -0.15) is 0 Å². The smallest absolute Gasteiger partial charge is 0.550 e. The molecule has 76 valence electrons. The summed E-state index contributed by atoms with van der Waals surface area (Å²) in [4.78, 5) is 20.6. The van der Waals surface area contributed by atoms with Gasteiger partial charge in [0.1, 0.15) is 0 Å². The molecule has 0 radical (unpaired) electrons. The van der Waals surface area contributed by atoms with Crippen LogP contribution in [0.15, 0.2) is 0 Å². The number of carbonyl (C=O) groups is 2. The minimum Gasteiger partial charge on any atom is -0.550 e. The normalized spacial score (nSPS) is 8.93. The summed E-state index contributed by atoms with van der Waals surface area (Å²) in [5, 5.41) is 9.93. The third kappa shape index (κ3) is 11.9. The van der Waals surface area contributed by atoms with Crippen molar-refractivity contribution in [1.82, 2.24) is 0 Å². The van der Waals surface area contributed by atoms with Crippen LogP contribution in [0.3, 0.4) is 0 Å². The molecule has 0 aliphatic rings. The summed E-state index contributed by atoms with van der Waals surface area (Å²) in [6.07, 6.45) is 3.39. The quantitative estimate of drug-likeness (QED) is 0.198. The third-order valence-electron chi connectivity index (χ3n) is 1.55. The Morgan fingerprint density at radius 1 is 1.21 bits per heavy atom. The first-order valence-electron chi connectivity index (χ1n) is 4.52. The van der Waals surface area contributed by atoms with Gasteiger partial charge in [0.05, 0.1) is 19.0 Å². The molecule has 0 rings (SSSR count). The van der Waals surface area contributed by atoms with Crippen LogP contribution in [0.5, 0.6) is 0 Å². The summed E-state index contributed by atoms with van der Waals surface area (Å²) in [7, 11) is 0. The van der Waals surface area contributed by atoms with Gasteiger partial charge in [-0.25, -0.2) is 0 Å². The van der Waals surface area contributed by atoms with Gasteiger partial charge in [-0.1, -0.05) is 26.2 Å². The summed E-state index contributed by atoms with van der Waals surface area (Å²) in [5.41, 5.74) is 0.